The van der Waals surface area contributed by atoms with E-state index in [9.17, 15) is 14.0 Å². The van der Waals surface area contributed by atoms with Crippen LogP contribution in [0.15, 0.2) is 18.2 Å². The largest absolute Gasteiger partial charge is 0.465 e. The third-order valence-electron chi connectivity index (χ3n) is 4.31. The number of esters is 1. The van der Waals surface area contributed by atoms with Crippen LogP contribution in [0.3, 0.4) is 0 Å². The number of ether oxygens (including phenoxy) is 1. The Morgan fingerprint density at radius 1 is 1.48 bits per heavy atom. The molecule has 2 rings (SSSR count). The van der Waals surface area contributed by atoms with Gasteiger partial charge in [-0.3, -0.25) is 4.79 Å². The van der Waals surface area contributed by atoms with Crippen LogP contribution >= 0.6 is 0 Å². The molecule has 126 valence electrons. The van der Waals surface area contributed by atoms with E-state index in [2.05, 4.69) is 15.4 Å². The molecule has 1 saturated heterocycles. The first kappa shape index (κ1) is 17.4. The zero-order valence-corrected chi connectivity index (χ0v) is 13.5. The molecule has 1 heterocycles. The summed E-state index contributed by atoms with van der Waals surface area (Å²) >= 11 is 0. The summed E-state index contributed by atoms with van der Waals surface area (Å²) in [5.41, 5.74) is 0.209. The number of piperidine rings is 1. The van der Waals surface area contributed by atoms with Crippen LogP contribution in [0.5, 0.6) is 0 Å². The van der Waals surface area contributed by atoms with Gasteiger partial charge in [-0.2, -0.15) is 0 Å². The minimum atomic E-state index is -0.571. The first-order valence-corrected chi connectivity index (χ1v) is 7.89. The van der Waals surface area contributed by atoms with Gasteiger partial charge in [0.25, 0.3) is 0 Å². The van der Waals surface area contributed by atoms with Crippen molar-refractivity contribution in [1.29, 1.82) is 0 Å². The summed E-state index contributed by atoms with van der Waals surface area (Å²) in [4.78, 5) is 23.6. The fourth-order valence-corrected chi connectivity index (χ4v) is 2.89. The maximum atomic E-state index is 13.8. The first-order valence-electron chi connectivity index (χ1n) is 7.89. The van der Waals surface area contributed by atoms with Crippen molar-refractivity contribution < 1.29 is 18.7 Å². The number of rotatable bonds is 5. The van der Waals surface area contributed by atoms with Gasteiger partial charge in [-0.25, -0.2) is 9.18 Å². The molecule has 23 heavy (non-hydrogen) atoms. The molecule has 6 heteroatoms. The molecule has 2 unspecified atom stereocenters. The molecule has 0 aliphatic carbocycles. The van der Waals surface area contributed by atoms with Crippen molar-refractivity contribution in [3.8, 4) is 0 Å². The van der Waals surface area contributed by atoms with Crippen molar-refractivity contribution >= 4 is 17.6 Å². The van der Waals surface area contributed by atoms with Crippen molar-refractivity contribution in [2.75, 3.05) is 25.5 Å². The van der Waals surface area contributed by atoms with Gasteiger partial charge in [-0.15, -0.1) is 0 Å². The molecule has 5 nitrogen and oxygen atoms in total. The van der Waals surface area contributed by atoms with E-state index in [1.54, 1.807) is 0 Å². The maximum Gasteiger partial charge on any atom is 0.337 e. The zero-order chi connectivity index (χ0) is 16.8. The summed E-state index contributed by atoms with van der Waals surface area (Å²) in [5, 5.41) is 5.89. The highest BCUT2D eigenvalue weighted by atomic mass is 19.1. The Bertz CT molecular complexity index is 571. The number of hydrogen-bond donors (Lipinski definition) is 2. The summed E-state index contributed by atoms with van der Waals surface area (Å²) in [6.07, 6.45) is 2.55. The average Bonchev–Trinajstić information content (AvgIpc) is 2.56. The highest BCUT2D eigenvalue weighted by Gasteiger charge is 2.22. The first-order chi connectivity index (χ1) is 11.0. The summed E-state index contributed by atoms with van der Waals surface area (Å²) < 4.78 is 18.4. The summed E-state index contributed by atoms with van der Waals surface area (Å²) in [5.74, 6) is -0.709. The van der Waals surface area contributed by atoms with Crippen LogP contribution in [0.25, 0.3) is 0 Å². The topological polar surface area (TPSA) is 67.4 Å². The van der Waals surface area contributed by atoms with Gasteiger partial charge in [0.05, 0.1) is 18.4 Å². The number of carbonyl (C=O) groups excluding carboxylic acids is 2. The molecule has 1 aliphatic heterocycles. The SMILES string of the molecule is COC(=O)c1ccc(F)c(NC(=O)CC(C)C2CCCNC2)c1. The number of anilines is 1. The van der Waals surface area contributed by atoms with E-state index >= 15 is 0 Å². The van der Waals surface area contributed by atoms with Crippen LogP contribution < -0.4 is 10.6 Å². The van der Waals surface area contributed by atoms with Gasteiger partial charge in [-0.05, 0) is 56.0 Å². The normalized spacial score (nSPS) is 19.0. The highest BCUT2D eigenvalue weighted by molar-refractivity contribution is 5.94. The Kier molecular flexibility index (Phi) is 6.10. The quantitative estimate of drug-likeness (QED) is 0.818. The predicted octanol–water partition coefficient (Wildman–Crippen LogP) is 2.58. The van der Waals surface area contributed by atoms with Gasteiger partial charge < -0.3 is 15.4 Å². The monoisotopic (exact) mass is 322 g/mol. The molecular weight excluding hydrogens is 299 g/mol. The van der Waals surface area contributed by atoms with Crippen molar-refractivity contribution in [3.05, 3.63) is 29.6 Å². The lowest BCUT2D eigenvalue weighted by Gasteiger charge is -2.28. The Morgan fingerprint density at radius 2 is 2.26 bits per heavy atom. The average molecular weight is 322 g/mol. The molecule has 1 fully saturated rings. The van der Waals surface area contributed by atoms with Crippen molar-refractivity contribution in [1.82, 2.24) is 5.32 Å². The molecular formula is C17H23FN2O3. The van der Waals surface area contributed by atoms with Crippen LogP contribution in [0, 0.1) is 17.7 Å². The van der Waals surface area contributed by atoms with Gasteiger partial charge >= 0.3 is 5.97 Å². The molecule has 0 saturated carbocycles. The lowest BCUT2D eigenvalue weighted by molar-refractivity contribution is -0.117. The fraction of sp³-hybridized carbons (Fsp3) is 0.529. The molecule has 0 spiro atoms. The number of hydrogen-bond acceptors (Lipinski definition) is 4. The van der Waals surface area contributed by atoms with Gasteiger partial charge in [0, 0.05) is 6.42 Å². The minimum Gasteiger partial charge on any atom is -0.465 e. The lowest BCUT2D eigenvalue weighted by atomic mass is 9.85. The van der Waals surface area contributed by atoms with E-state index in [-0.39, 0.29) is 23.1 Å². The lowest BCUT2D eigenvalue weighted by Crippen LogP contribution is -2.34. The Hall–Kier alpha value is -1.95. The third kappa shape index (κ3) is 4.76. The van der Waals surface area contributed by atoms with E-state index in [0.717, 1.165) is 32.0 Å². The molecule has 1 aromatic carbocycles. The third-order valence-corrected chi connectivity index (χ3v) is 4.31. The molecule has 1 amide bonds. The van der Waals surface area contributed by atoms with Crippen molar-refractivity contribution in [2.45, 2.75) is 26.2 Å². The number of nitrogens with one attached hydrogen (secondary N) is 2. The van der Waals surface area contributed by atoms with Crippen LogP contribution in [0.2, 0.25) is 0 Å². The number of amides is 1. The Balaban J connectivity index is 1.97. The smallest absolute Gasteiger partial charge is 0.337 e. The van der Waals surface area contributed by atoms with Crippen molar-refractivity contribution in [3.63, 3.8) is 0 Å². The molecule has 2 N–H and O–H groups in total. The van der Waals surface area contributed by atoms with Crippen LogP contribution in [0.1, 0.15) is 36.5 Å². The van der Waals surface area contributed by atoms with Gasteiger partial charge in [0.2, 0.25) is 5.91 Å². The molecule has 0 bridgehead atoms. The van der Waals surface area contributed by atoms with Crippen LogP contribution in [0.4, 0.5) is 10.1 Å². The molecule has 1 aromatic rings. The van der Waals surface area contributed by atoms with Gasteiger partial charge in [0.15, 0.2) is 0 Å². The molecule has 0 radical (unpaired) electrons. The second kappa shape index (κ2) is 8.06. The fourth-order valence-electron chi connectivity index (χ4n) is 2.89. The van der Waals surface area contributed by atoms with E-state index < -0.39 is 11.8 Å². The van der Waals surface area contributed by atoms with E-state index in [1.165, 1.54) is 19.2 Å². The highest BCUT2D eigenvalue weighted by Crippen LogP contribution is 2.24. The number of benzene rings is 1. The standard InChI is InChI=1S/C17H23FN2O3/c1-11(13-4-3-7-19-10-13)8-16(21)20-15-9-12(17(22)23-2)5-6-14(15)18/h5-6,9,11,13,19H,3-4,7-8,10H2,1-2H3,(H,20,21). The summed E-state index contributed by atoms with van der Waals surface area (Å²) in [7, 11) is 1.25. The summed E-state index contributed by atoms with van der Waals surface area (Å²) in [6.45, 7) is 3.99. The second-order valence-electron chi connectivity index (χ2n) is 6.02. The minimum absolute atomic E-state index is 0.00636. The Labute approximate surface area is 135 Å². The van der Waals surface area contributed by atoms with E-state index in [1.807, 2.05) is 6.92 Å². The van der Waals surface area contributed by atoms with Crippen LogP contribution in [-0.2, 0) is 9.53 Å². The van der Waals surface area contributed by atoms with E-state index in [4.69, 9.17) is 0 Å². The second-order valence-corrected chi connectivity index (χ2v) is 6.02. The van der Waals surface area contributed by atoms with Gasteiger partial charge in [0.1, 0.15) is 5.82 Å². The summed E-state index contributed by atoms with van der Waals surface area (Å²) in [6, 6.07) is 3.77. The molecule has 2 atom stereocenters. The van der Waals surface area contributed by atoms with Crippen molar-refractivity contribution in [2.24, 2.45) is 11.8 Å². The number of halogens is 1. The number of methoxy groups -OCH3 is 1. The predicted molar refractivity (Wildman–Crippen MR) is 85.7 cm³/mol. The molecule has 0 aromatic heterocycles. The molecule has 1 aliphatic rings. The van der Waals surface area contributed by atoms with Gasteiger partial charge in [-0.1, -0.05) is 6.92 Å². The Morgan fingerprint density at radius 3 is 2.91 bits per heavy atom. The van der Waals surface area contributed by atoms with E-state index in [0.29, 0.717) is 12.3 Å². The zero-order valence-electron chi connectivity index (χ0n) is 13.5. The van der Waals surface area contributed by atoms with Crippen LogP contribution in [-0.4, -0.2) is 32.1 Å². The maximum absolute atomic E-state index is 13.8. The number of carbonyl (C=O) groups is 2.